The zero-order valence-electron chi connectivity index (χ0n) is 12.6. The molecule has 1 N–H and O–H groups in total. The molecule has 0 aliphatic carbocycles. The highest BCUT2D eigenvalue weighted by Crippen LogP contribution is 2.25. The number of carbonyl (C=O) groups excluding carboxylic acids is 1. The molecule has 1 unspecified atom stereocenters. The van der Waals surface area contributed by atoms with E-state index in [-0.39, 0.29) is 29.9 Å². The Labute approximate surface area is 130 Å². The number of carbonyl (C=O) groups is 1. The van der Waals surface area contributed by atoms with Gasteiger partial charge >= 0.3 is 0 Å². The lowest BCUT2D eigenvalue weighted by Gasteiger charge is -2.11. The van der Waals surface area contributed by atoms with E-state index in [1.54, 1.807) is 18.2 Å². The normalized spacial score (nSPS) is 19.6. The zero-order valence-corrected chi connectivity index (χ0v) is 13.4. The van der Waals surface area contributed by atoms with Crippen molar-refractivity contribution >= 4 is 15.7 Å². The van der Waals surface area contributed by atoms with E-state index in [1.807, 2.05) is 6.07 Å². The minimum atomic E-state index is -2.85. The molecular formula is C15H21NO5S. The van der Waals surface area contributed by atoms with Gasteiger partial charge in [-0.3, -0.25) is 4.79 Å². The van der Waals surface area contributed by atoms with Crippen LogP contribution in [0.4, 0.5) is 0 Å². The highest BCUT2D eigenvalue weighted by Gasteiger charge is 2.27. The maximum atomic E-state index is 11.7. The van der Waals surface area contributed by atoms with Gasteiger partial charge in [-0.15, -0.1) is 0 Å². The van der Waals surface area contributed by atoms with Crippen molar-refractivity contribution in [3.8, 4) is 11.5 Å². The van der Waals surface area contributed by atoms with Crippen LogP contribution in [-0.4, -0.2) is 46.1 Å². The maximum Gasteiger partial charge on any atom is 0.257 e. The van der Waals surface area contributed by atoms with Crippen LogP contribution in [0.25, 0.3) is 0 Å². The Hall–Kier alpha value is -1.76. The van der Waals surface area contributed by atoms with E-state index in [2.05, 4.69) is 5.32 Å². The Kier molecular flexibility index (Phi) is 5.65. The lowest BCUT2D eigenvalue weighted by molar-refractivity contribution is -0.123. The Morgan fingerprint density at radius 2 is 2.05 bits per heavy atom. The van der Waals surface area contributed by atoms with Crippen molar-refractivity contribution in [1.29, 1.82) is 0 Å². The van der Waals surface area contributed by atoms with Gasteiger partial charge in [-0.25, -0.2) is 8.42 Å². The summed E-state index contributed by atoms with van der Waals surface area (Å²) in [6, 6.07) is 7.11. The predicted molar refractivity (Wildman–Crippen MR) is 82.9 cm³/mol. The number of nitrogens with one attached hydrogen (secondary N) is 1. The van der Waals surface area contributed by atoms with Gasteiger partial charge in [0.1, 0.15) is 0 Å². The second-order valence-electron chi connectivity index (χ2n) is 5.35. The van der Waals surface area contributed by atoms with E-state index >= 15 is 0 Å². The first-order valence-corrected chi connectivity index (χ1v) is 9.05. The average molecular weight is 327 g/mol. The molecule has 1 aliphatic heterocycles. The first kappa shape index (κ1) is 16.6. The SMILES string of the molecule is COc1ccccc1OCC(=O)NCCC1CCS(=O)(=O)C1. The maximum absolute atomic E-state index is 11.7. The molecule has 1 amide bonds. The van der Waals surface area contributed by atoms with Crippen molar-refractivity contribution in [2.75, 3.05) is 31.8 Å². The fraction of sp³-hybridized carbons (Fsp3) is 0.533. The number of ether oxygens (including phenoxy) is 2. The van der Waals surface area contributed by atoms with Crippen LogP contribution >= 0.6 is 0 Å². The van der Waals surface area contributed by atoms with E-state index in [1.165, 1.54) is 7.11 Å². The quantitative estimate of drug-likeness (QED) is 0.808. The van der Waals surface area contributed by atoms with Crippen molar-refractivity contribution in [3.63, 3.8) is 0 Å². The summed E-state index contributed by atoms with van der Waals surface area (Å²) in [6.07, 6.45) is 1.37. The fourth-order valence-electron chi connectivity index (χ4n) is 2.45. The number of rotatable bonds is 7. The summed E-state index contributed by atoms with van der Waals surface area (Å²) < 4.78 is 33.2. The molecule has 1 aromatic rings. The summed E-state index contributed by atoms with van der Waals surface area (Å²) in [6.45, 7) is 0.373. The van der Waals surface area contributed by atoms with E-state index < -0.39 is 9.84 Å². The molecule has 7 heteroatoms. The molecular weight excluding hydrogens is 306 g/mol. The summed E-state index contributed by atoms with van der Waals surface area (Å²) in [4.78, 5) is 11.7. The molecule has 22 heavy (non-hydrogen) atoms. The second-order valence-corrected chi connectivity index (χ2v) is 7.58. The highest BCUT2D eigenvalue weighted by molar-refractivity contribution is 7.91. The van der Waals surface area contributed by atoms with E-state index in [0.29, 0.717) is 30.9 Å². The van der Waals surface area contributed by atoms with Crippen molar-refractivity contribution in [1.82, 2.24) is 5.32 Å². The first-order chi connectivity index (χ1) is 10.5. The first-order valence-electron chi connectivity index (χ1n) is 7.23. The lowest BCUT2D eigenvalue weighted by atomic mass is 10.1. The summed E-state index contributed by atoms with van der Waals surface area (Å²) in [5.41, 5.74) is 0. The number of amides is 1. The molecule has 1 heterocycles. The van der Waals surface area contributed by atoms with Gasteiger partial charge in [-0.2, -0.15) is 0 Å². The number of hydrogen-bond acceptors (Lipinski definition) is 5. The molecule has 1 saturated heterocycles. The van der Waals surface area contributed by atoms with Crippen LogP contribution in [0.1, 0.15) is 12.8 Å². The van der Waals surface area contributed by atoms with Gasteiger partial charge in [-0.1, -0.05) is 12.1 Å². The highest BCUT2D eigenvalue weighted by atomic mass is 32.2. The molecule has 1 aliphatic rings. The van der Waals surface area contributed by atoms with Gasteiger partial charge in [0.15, 0.2) is 27.9 Å². The molecule has 0 spiro atoms. The third-order valence-electron chi connectivity index (χ3n) is 3.63. The molecule has 1 aromatic carbocycles. The van der Waals surface area contributed by atoms with Gasteiger partial charge in [0.2, 0.25) is 0 Å². The number of benzene rings is 1. The molecule has 0 radical (unpaired) electrons. The zero-order chi connectivity index (χ0) is 16.0. The minimum absolute atomic E-state index is 0.0939. The van der Waals surface area contributed by atoms with Crippen LogP contribution in [0, 0.1) is 5.92 Å². The Morgan fingerprint density at radius 3 is 2.68 bits per heavy atom. The van der Waals surface area contributed by atoms with Crippen LogP contribution in [-0.2, 0) is 14.6 Å². The van der Waals surface area contributed by atoms with Crippen molar-refractivity contribution < 1.29 is 22.7 Å². The summed E-state index contributed by atoms with van der Waals surface area (Å²) in [5, 5.41) is 2.75. The summed E-state index contributed by atoms with van der Waals surface area (Å²) >= 11 is 0. The van der Waals surface area contributed by atoms with Crippen molar-refractivity contribution in [2.45, 2.75) is 12.8 Å². The number of sulfone groups is 1. The van der Waals surface area contributed by atoms with Crippen molar-refractivity contribution in [3.05, 3.63) is 24.3 Å². The Balaban J connectivity index is 1.68. The lowest BCUT2D eigenvalue weighted by Crippen LogP contribution is -2.30. The van der Waals surface area contributed by atoms with Gasteiger partial charge in [0.25, 0.3) is 5.91 Å². The molecule has 2 rings (SSSR count). The van der Waals surface area contributed by atoms with Crippen LogP contribution in [0.2, 0.25) is 0 Å². The molecule has 6 nitrogen and oxygen atoms in total. The Bertz CT molecular complexity index is 614. The van der Waals surface area contributed by atoms with Crippen LogP contribution in [0.5, 0.6) is 11.5 Å². The monoisotopic (exact) mass is 327 g/mol. The van der Waals surface area contributed by atoms with Crippen LogP contribution in [0.3, 0.4) is 0 Å². The molecule has 122 valence electrons. The molecule has 1 atom stereocenters. The van der Waals surface area contributed by atoms with Crippen molar-refractivity contribution in [2.24, 2.45) is 5.92 Å². The van der Waals surface area contributed by atoms with Crippen LogP contribution < -0.4 is 14.8 Å². The molecule has 0 saturated carbocycles. The molecule has 0 bridgehead atoms. The third kappa shape index (κ3) is 4.91. The standard InChI is InChI=1S/C15H21NO5S/c1-20-13-4-2-3-5-14(13)21-10-15(17)16-8-6-12-7-9-22(18,19)11-12/h2-5,12H,6-11H2,1H3,(H,16,17). The Morgan fingerprint density at radius 1 is 1.32 bits per heavy atom. The number of para-hydroxylation sites is 2. The minimum Gasteiger partial charge on any atom is -0.493 e. The molecule has 1 fully saturated rings. The van der Waals surface area contributed by atoms with E-state index in [9.17, 15) is 13.2 Å². The van der Waals surface area contributed by atoms with E-state index in [4.69, 9.17) is 9.47 Å². The number of methoxy groups -OCH3 is 1. The average Bonchev–Trinajstić information content (AvgIpc) is 2.84. The van der Waals surface area contributed by atoms with Gasteiger partial charge in [-0.05, 0) is 30.9 Å². The largest absolute Gasteiger partial charge is 0.493 e. The summed E-state index contributed by atoms with van der Waals surface area (Å²) in [7, 11) is -1.31. The number of hydrogen-bond donors (Lipinski definition) is 1. The van der Waals surface area contributed by atoms with Gasteiger partial charge in [0, 0.05) is 6.54 Å². The predicted octanol–water partition coefficient (Wildman–Crippen LogP) is 1.02. The fourth-order valence-corrected chi connectivity index (χ4v) is 4.36. The molecule has 0 aromatic heterocycles. The smallest absolute Gasteiger partial charge is 0.257 e. The second kappa shape index (κ2) is 7.49. The van der Waals surface area contributed by atoms with Crippen LogP contribution in [0.15, 0.2) is 24.3 Å². The topological polar surface area (TPSA) is 81.7 Å². The third-order valence-corrected chi connectivity index (χ3v) is 5.47. The van der Waals surface area contributed by atoms with Gasteiger partial charge in [0.05, 0.1) is 18.6 Å². The van der Waals surface area contributed by atoms with Gasteiger partial charge < -0.3 is 14.8 Å². The van der Waals surface area contributed by atoms with E-state index in [0.717, 1.165) is 0 Å². The summed E-state index contributed by atoms with van der Waals surface area (Å²) in [5.74, 6) is 1.52.